The number of fused-ring (bicyclic) bond motifs is 1. The van der Waals surface area contributed by atoms with Crippen molar-refractivity contribution in [2.45, 2.75) is 69.9 Å². The second-order valence-electron chi connectivity index (χ2n) is 6.33. The van der Waals surface area contributed by atoms with Gasteiger partial charge in [0.1, 0.15) is 5.75 Å². The molecule has 0 radical (unpaired) electrons. The number of nitrogens with one attached hydrogen (secondary N) is 1. The van der Waals surface area contributed by atoms with Crippen LogP contribution in [0.4, 0.5) is 0 Å². The fourth-order valence-corrected chi connectivity index (χ4v) is 3.70. The molecular weight excluding hydrogens is 246 g/mol. The van der Waals surface area contributed by atoms with Crippen LogP contribution in [-0.2, 0) is 6.42 Å². The maximum Gasteiger partial charge on any atom is 0.120 e. The minimum atomic E-state index is 0.437. The van der Waals surface area contributed by atoms with Gasteiger partial charge in [-0.15, -0.1) is 0 Å². The van der Waals surface area contributed by atoms with Gasteiger partial charge in [-0.25, -0.2) is 0 Å². The van der Waals surface area contributed by atoms with E-state index in [0.29, 0.717) is 12.1 Å². The van der Waals surface area contributed by atoms with Crippen molar-refractivity contribution in [3.05, 3.63) is 29.3 Å². The highest BCUT2D eigenvalue weighted by molar-refractivity contribution is 5.39. The Morgan fingerprint density at radius 1 is 1.00 bits per heavy atom. The summed E-state index contributed by atoms with van der Waals surface area (Å²) < 4.78 is 6.27. The van der Waals surface area contributed by atoms with Crippen LogP contribution in [0.3, 0.4) is 0 Å². The molecule has 0 aliphatic heterocycles. The summed E-state index contributed by atoms with van der Waals surface area (Å²) in [5, 5.41) is 3.45. The SMILES string of the molecule is CNC1CCCc2ccc(OC3CCCCCC3)cc21. The van der Waals surface area contributed by atoms with Gasteiger partial charge in [0.05, 0.1) is 6.10 Å². The smallest absolute Gasteiger partial charge is 0.120 e. The molecule has 1 saturated carbocycles. The summed E-state index contributed by atoms with van der Waals surface area (Å²) in [5.41, 5.74) is 2.97. The van der Waals surface area contributed by atoms with Gasteiger partial charge in [0.25, 0.3) is 0 Å². The van der Waals surface area contributed by atoms with Crippen LogP contribution < -0.4 is 10.1 Å². The molecule has 0 saturated heterocycles. The molecule has 1 unspecified atom stereocenters. The lowest BCUT2D eigenvalue weighted by Gasteiger charge is -2.26. The van der Waals surface area contributed by atoms with Crippen LogP contribution >= 0.6 is 0 Å². The molecule has 3 rings (SSSR count). The lowest BCUT2D eigenvalue weighted by Crippen LogP contribution is -2.22. The molecule has 2 aliphatic rings. The Labute approximate surface area is 122 Å². The number of ether oxygens (including phenoxy) is 1. The number of hydrogen-bond acceptors (Lipinski definition) is 2. The van der Waals surface area contributed by atoms with Crippen LogP contribution in [0.25, 0.3) is 0 Å². The van der Waals surface area contributed by atoms with Gasteiger partial charge in [0.2, 0.25) is 0 Å². The van der Waals surface area contributed by atoms with E-state index in [1.165, 1.54) is 68.9 Å². The van der Waals surface area contributed by atoms with E-state index in [-0.39, 0.29) is 0 Å². The van der Waals surface area contributed by atoms with Gasteiger partial charge in [-0.05, 0) is 75.3 Å². The van der Waals surface area contributed by atoms with Crippen molar-refractivity contribution in [3.8, 4) is 5.75 Å². The molecule has 2 nitrogen and oxygen atoms in total. The highest BCUT2D eigenvalue weighted by Gasteiger charge is 2.20. The third kappa shape index (κ3) is 3.17. The molecule has 110 valence electrons. The van der Waals surface area contributed by atoms with Crippen LogP contribution in [0.2, 0.25) is 0 Å². The van der Waals surface area contributed by atoms with Crippen molar-refractivity contribution in [1.29, 1.82) is 0 Å². The quantitative estimate of drug-likeness (QED) is 0.825. The predicted octanol–water partition coefficient (Wildman–Crippen LogP) is 4.39. The molecule has 1 aromatic carbocycles. The molecule has 2 aliphatic carbocycles. The molecular formula is C18H27NO. The number of benzene rings is 1. The Kier molecular flexibility index (Phi) is 4.62. The molecule has 1 N–H and O–H groups in total. The first-order valence-electron chi connectivity index (χ1n) is 8.33. The van der Waals surface area contributed by atoms with Gasteiger partial charge in [0.15, 0.2) is 0 Å². The average molecular weight is 273 g/mol. The van der Waals surface area contributed by atoms with E-state index >= 15 is 0 Å². The van der Waals surface area contributed by atoms with Gasteiger partial charge >= 0.3 is 0 Å². The summed E-state index contributed by atoms with van der Waals surface area (Å²) in [6.45, 7) is 0. The fraction of sp³-hybridized carbons (Fsp3) is 0.667. The summed E-state index contributed by atoms with van der Waals surface area (Å²) in [5.74, 6) is 1.08. The molecule has 0 amide bonds. The summed E-state index contributed by atoms with van der Waals surface area (Å²) >= 11 is 0. The predicted molar refractivity (Wildman–Crippen MR) is 83.3 cm³/mol. The van der Waals surface area contributed by atoms with E-state index in [4.69, 9.17) is 4.74 Å². The Hall–Kier alpha value is -1.02. The molecule has 1 aromatic rings. The third-order valence-electron chi connectivity index (χ3n) is 4.89. The van der Waals surface area contributed by atoms with Crippen LogP contribution in [0.1, 0.15) is 68.5 Å². The highest BCUT2D eigenvalue weighted by atomic mass is 16.5. The summed E-state index contributed by atoms with van der Waals surface area (Å²) in [6.07, 6.45) is 12.1. The molecule has 1 fully saturated rings. The van der Waals surface area contributed by atoms with E-state index in [2.05, 4.69) is 30.6 Å². The lowest BCUT2D eigenvalue weighted by molar-refractivity contribution is 0.183. The standard InChI is InChI=1S/C18H27NO/c1-19-18-10-6-7-14-11-12-16(13-17(14)18)20-15-8-4-2-3-5-9-15/h11-13,15,18-19H,2-10H2,1H3. The highest BCUT2D eigenvalue weighted by Crippen LogP contribution is 2.33. The molecule has 20 heavy (non-hydrogen) atoms. The Morgan fingerprint density at radius 3 is 2.55 bits per heavy atom. The van der Waals surface area contributed by atoms with Crippen molar-refractivity contribution in [2.75, 3.05) is 7.05 Å². The van der Waals surface area contributed by atoms with Gasteiger partial charge in [-0.3, -0.25) is 0 Å². The van der Waals surface area contributed by atoms with E-state index < -0.39 is 0 Å². The van der Waals surface area contributed by atoms with E-state index in [0.717, 1.165) is 5.75 Å². The number of hydrogen-bond donors (Lipinski definition) is 1. The van der Waals surface area contributed by atoms with Crippen LogP contribution in [0.5, 0.6) is 5.75 Å². The second-order valence-corrected chi connectivity index (χ2v) is 6.33. The summed E-state index contributed by atoms with van der Waals surface area (Å²) in [7, 11) is 2.07. The Balaban J connectivity index is 1.73. The van der Waals surface area contributed by atoms with Crippen molar-refractivity contribution in [2.24, 2.45) is 0 Å². The minimum absolute atomic E-state index is 0.437. The number of aryl methyl sites for hydroxylation is 1. The first-order valence-corrected chi connectivity index (χ1v) is 8.33. The first-order chi connectivity index (χ1) is 9.86. The topological polar surface area (TPSA) is 21.3 Å². The Bertz CT molecular complexity index is 435. The van der Waals surface area contributed by atoms with Gasteiger partial charge in [-0.1, -0.05) is 18.9 Å². The zero-order valence-electron chi connectivity index (χ0n) is 12.7. The fourth-order valence-electron chi connectivity index (χ4n) is 3.70. The van der Waals surface area contributed by atoms with Crippen LogP contribution in [0, 0.1) is 0 Å². The maximum atomic E-state index is 6.27. The zero-order chi connectivity index (χ0) is 13.8. The van der Waals surface area contributed by atoms with Crippen molar-refractivity contribution in [3.63, 3.8) is 0 Å². The van der Waals surface area contributed by atoms with Crippen molar-refractivity contribution >= 4 is 0 Å². The molecule has 0 aromatic heterocycles. The van der Waals surface area contributed by atoms with Gasteiger partial charge < -0.3 is 10.1 Å². The number of rotatable bonds is 3. The normalized spacial score (nSPS) is 23.9. The summed E-state index contributed by atoms with van der Waals surface area (Å²) in [6, 6.07) is 7.27. The second kappa shape index (κ2) is 6.62. The monoisotopic (exact) mass is 273 g/mol. The maximum absolute atomic E-state index is 6.27. The minimum Gasteiger partial charge on any atom is -0.490 e. The third-order valence-corrected chi connectivity index (χ3v) is 4.89. The average Bonchev–Trinajstić information content (AvgIpc) is 2.75. The zero-order valence-corrected chi connectivity index (χ0v) is 12.7. The molecule has 1 atom stereocenters. The molecule has 0 bridgehead atoms. The summed E-state index contributed by atoms with van der Waals surface area (Å²) in [4.78, 5) is 0. The van der Waals surface area contributed by atoms with Crippen molar-refractivity contribution in [1.82, 2.24) is 5.32 Å². The molecule has 0 spiro atoms. The Morgan fingerprint density at radius 2 is 1.80 bits per heavy atom. The molecule has 2 heteroatoms. The lowest BCUT2D eigenvalue weighted by atomic mass is 9.87. The first kappa shape index (κ1) is 13.9. The van der Waals surface area contributed by atoms with Gasteiger partial charge in [0, 0.05) is 6.04 Å². The largest absolute Gasteiger partial charge is 0.490 e. The van der Waals surface area contributed by atoms with Crippen LogP contribution in [0.15, 0.2) is 18.2 Å². The van der Waals surface area contributed by atoms with E-state index in [9.17, 15) is 0 Å². The van der Waals surface area contributed by atoms with Crippen LogP contribution in [-0.4, -0.2) is 13.2 Å². The van der Waals surface area contributed by atoms with E-state index in [1.54, 1.807) is 0 Å². The van der Waals surface area contributed by atoms with Crippen molar-refractivity contribution < 1.29 is 4.74 Å². The molecule has 0 heterocycles. The van der Waals surface area contributed by atoms with E-state index in [1.807, 2.05) is 0 Å². The van der Waals surface area contributed by atoms with Gasteiger partial charge in [-0.2, -0.15) is 0 Å².